The summed E-state index contributed by atoms with van der Waals surface area (Å²) in [7, 11) is 0. The molecule has 0 fully saturated rings. The van der Waals surface area contributed by atoms with Crippen LogP contribution in [0.25, 0.3) is 0 Å². The van der Waals surface area contributed by atoms with Crippen molar-refractivity contribution in [2.45, 2.75) is 20.3 Å². The lowest BCUT2D eigenvalue weighted by Crippen LogP contribution is -2.45. The fourth-order valence-electron chi connectivity index (χ4n) is 1.82. The van der Waals surface area contributed by atoms with Crippen molar-refractivity contribution in [1.29, 1.82) is 0 Å². The molecule has 1 aromatic rings. The first-order chi connectivity index (χ1) is 9.67. The molecule has 0 unspecified atom stereocenters. The minimum Gasteiger partial charge on any atom is -0.362 e. The number of likely N-dealkylation sites (N-methyl/N-ethyl adjacent to an activating group) is 2. The van der Waals surface area contributed by atoms with Crippen molar-refractivity contribution in [3.63, 3.8) is 0 Å². The highest BCUT2D eigenvalue weighted by molar-refractivity contribution is 7.80. The zero-order valence-corrected chi connectivity index (χ0v) is 13.0. The minimum atomic E-state index is 0.00144. The quantitative estimate of drug-likeness (QED) is 0.749. The summed E-state index contributed by atoms with van der Waals surface area (Å²) in [6, 6.07) is 10.3. The fourth-order valence-corrected chi connectivity index (χ4v) is 2.12. The van der Waals surface area contributed by atoms with Gasteiger partial charge in [0.1, 0.15) is 0 Å². The number of benzene rings is 1. The number of thiocarbonyl (C=S) groups is 1. The zero-order valence-electron chi connectivity index (χ0n) is 12.2. The van der Waals surface area contributed by atoms with Crippen molar-refractivity contribution in [1.82, 2.24) is 15.5 Å². The number of hydrogen-bond donors (Lipinski definition) is 2. The molecule has 0 aromatic heterocycles. The lowest BCUT2D eigenvalue weighted by atomic mass is 10.1. The first-order valence-electron chi connectivity index (χ1n) is 7.00. The molecule has 1 rings (SSSR count). The monoisotopic (exact) mass is 293 g/mol. The van der Waals surface area contributed by atoms with Gasteiger partial charge in [-0.1, -0.05) is 30.3 Å². The van der Waals surface area contributed by atoms with Crippen LogP contribution in [-0.2, 0) is 11.2 Å². The highest BCUT2D eigenvalue weighted by Crippen LogP contribution is 1.98. The number of amides is 1. The van der Waals surface area contributed by atoms with Gasteiger partial charge in [0, 0.05) is 19.6 Å². The Morgan fingerprint density at radius 2 is 1.90 bits per heavy atom. The van der Waals surface area contributed by atoms with Gasteiger partial charge in [-0.2, -0.15) is 0 Å². The van der Waals surface area contributed by atoms with E-state index in [-0.39, 0.29) is 5.91 Å². The largest absolute Gasteiger partial charge is 0.362 e. The van der Waals surface area contributed by atoms with Gasteiger partial charge in [-0.25, -0.2) is 0 Å². The molecule has 1 amide bonds. The molecule has 2 N–H and O–H groups in total. The number of nitrogens with zero attached hydrogens (tertiary/aromatic N) is 1. The van der Waals surface area contributed by atoms with Crippen molar-refractivity contribution < 1.29 is 4.79 Å². The van der Waals surface area contributed by atoms with Crippen LogP contribution in [0.15, 0.2) is 30.3 Å². The Hall–Kier alpha value is -1.62. The number of hydrogen-bond acceptors (Lipinski definition) is 2. The number of rotatable bonds is 7. The van der Waals surface area contributed by atoms with Gasteiger partial charge < -0.3 is 15.5 Å². The predicted octanol–water partition coefficient (Wildman–Crippen LogP) is 1.56. The normalized spacial score (nSPS) is 9.90. The van der Waals surface area contributed by atoms with E-state index < -0.39 is 0 Å². The molecule has 0 spiro atoms. The molecule has 0 heterocycles. The molecule has 0 saturated carbocycles. The van der Waals surface area contributed by atoms with Gasteiger partial charge in [0.05, 0.1) is 6.54 Å². The van der Waals surface area contributed by atoms with Gasteiger partial charge in [0.2, 0.25) is 5.91 Å². The van der Waals surface area contributed by atoms with Crippen LogP contribution in [-0.4, -0.2) is 42.1 Å². The van der Waals surface area contributed by atoms with Crippen LogP contribution in [0.3, 0.4) is 0 Å². The predicted molar refractivity (Wildman–Crippen MR) is 86.7 cm³/mol. The molecule has 5 heteroatoms. The summed E-state index contributed by atoms with van der Waals surface area (Å²) in [5, 5.41) is 6.62. The maximum Gasteiger partial charge on any atom is 0.239 e. The Morgan fingerprint density at radius 1 is 1.20 bits per heavy atom. The van der Waals surface area contributed by atoms with E-state index in [4.69, 9.17) is 12.2 Å². The second kappa shape index (κ2) is 9.31. The highest BCUT2D eigenvalue weighted by Gasteiger charge is 2.11. The maximum absolute atomic E-state index is 11.6. The highest BCUT2D eigenvalue weighted by atomic mass is 32.1. The summed E-state index contributed by atoms with van der Waals surface area (Å²) >= 11 is 5.33. The maximum atomic E-state index is 11.6. The van der Waals surface area contributed by atoms with E-state index in [1.807, 2.05) is 36.9 Å². The fraction of sp³-hybridized carbons (Fsp3) is 0.467. The molecule has 110 valence electrons. The average molecular weight is 293 g/mol. The molecule has 0 aliphatic rings. The number of carbonyl (C=O) groups is 1. The lowest BCUT2D eigenvalue weighted by Gasteiger charge is -2.23. The summed E-state index contributed by atoms with van der Waals surface area (Å²) < 4.78 is 0. The van der Waals surface area contributed by atoms with Crippen LogP contribution in [0.1, 0.15) is 19.4 Å². The third-order valence-electron chi connectivity index (χ3n) is 2.91. The standard InChI is InChI=1S/C15H23N3OS/c1-3-16-14(19)12-18(4-2)15(20)17-11-10-13-8-6-5-7-9-13/h5-9H,3-4,10-12H2,1-2H3,(H,16,19)(H,17,20). The Balaban J connectivity index is 2.34. The first kappa shape index (κ1) is 16.4. The van der Waals surface area contributed by atoms with Crippen LogP contribution >= 0.6 is 12.2 Å². The summed E-state index contributed by atoms with van der Waals surface area (Å²) in [4.78, 5) is 13.4. The third-order valence-corrected chi connectivity index (χ3v) is 3.31. The molecule has 1 aromatic carbocycles. The van der Waals surface area contributed by atoms with Crippen LogP contribution in [0.5, 0.6) is 0 Å². The van der Waals surface area contributed by atoms with E-state index >= 15 is 0 Å². The van der Waals surface area contributed by atoms with Crippen molar-refractivity contribution in [3.8, 4) is 0 Å². The minimum absolute atomic E-state index is 0.00144. The molecule has 0 saturated heterocycles. The zero-order chi connectivity index (χ0) is 14.8. The molecule has 4 nitrogen and oxygen atoms in total. The molecular weight excluding hydrogens is 270 g/mol. The van der Waals surface area contributed by atoms with Crippen LogP contribution in [0.2, 0.25) is 0 Å². The molecule has 0 aliphatic carbocycles. The van der Waals surface area contributed by atoms with E-state index in [0.717, 1.165) is 13.0 Å². The average Bonchev–Trinajstić information content (AvgIpc) is 2.46. The molecule has 0 bridgehead atoms. The summed E-state index contributed by atoms with van der Waals surface area (Å²) in [5.41, 5.74) is 1.27. The molecular formula is C15H23N3OS. The topological polar surface area (TPSA) is 44.4 Å². The first-order valence-corrected chi connectivity index (χ1v) is 7.41. The van der Waals surface area contributed by atoms with Crippen molar-refractivity contribution in [2.24, 2.45) is 0 Å². The van der Waals surface area contributed by atoms with Gasteiger partial charge in [0.15, 0.2) is 5.11 Å². The molecule has 0 aliphatic heterocycles. The molecule has 0 atom stereocenters. The van der Waals surface area contributed by atoms with Gasteiger partial charge in [-0.15, -0.1) is 0 Å². The Labute approximate surface area is 126 Å². The van der Waals surface area contributed by atoms with Crippen molar-refractivity contribution in [3.05, 3.63) is 35.9 Å². The van der Waals surface area contributed by atoms with E-state index in [0.29, 0.717) is 24.7 Å². The number of nitrogens with one attached hydrogen (secondary N) is 2. The second-order valence-electron chi connectivity index (χ2n) is 4.44. The van der Waals surface area contributed by atoms with Gasteiger partial charge in [-0.05, 0) is 38.0 Å². The van der Waals surface area contributed by atoms with Gasteiger partial charge >= 0.3 is 0 Å². The smallest absolute Gasteiger partial charge is 0.239 e. The Kier molecular flexibility index (Phi) is 7.65. The summed E-state index contributed by atoms with van der Waals surface area (Å²) in [6.07, 6.45) is 0.916. The van der Waals surface area contributed by atoms with E-state index in [1.54, 1.807) is 0 Å². The third kappa shape index (κ3) is 6.02. The molecule has 0 radical (unpaired) electrons. The summed E-state index contributed by atoms with van der Waals surface area (Å²) in [6.45, 7) is 6.34. The van der Waals surface area contributed by atoms with Crippen LogP contribution < -0.4 is 10.6 Å². The Morgan fingerprint density at radius 3 is 2.50 bits per heavy atom. The molecule has 20 heavy (non-hydrogen) atoms. The van der Waals surface area contributed by atoms with E-state index in [9.17, 15) is 4.79 Å². The summed E-state index contributed by atoms with van der Waals surface area (Å²) in [5.74, 6) is 0.00144. The van der Waals surface area contributed by atoms with Crippen LogP contribution in [0, 0.1) is 0 Å². The van der Waals surface area contributed by atoms with Gasteiger partial charge in [-0.3, -0.25) is 4.79 Å². The SMILES string of the molecule is CCNC(=O)CN(CC)C(=S)NCCc1ccccc1. The van der Waals surface area contributed by atoms with E-state index in [1.165, 1.54) is 5.56 Å². The second-order valence-corrected chi connectivity index (χ2v) is 4.82. The van der Waals surface area contributed by atoms with E-state index in [2.05, 4.69) is 22.8 Å². The van der Waals surface area contributed by atoms with Crippen LogP contribution in [0.4, 0.5) is 0 Å². The van der Waals surface area contributed by atoms with Crippen molar-refractivity contribution >= 4 is 23.2 Å². The lowest BCUT2D eigenvalue weighted by molar-refractivity contribution is -0.121. The van der Waals surface area contributed by atoms with Crippen molar-refractivity contribution in [2.75, 3.05) is 26.2 Å². The Bertz CT molecular complexity index is 422. The van der Waals surface area contributed by atoms with Gasteiger partial charge in [0.25, 0.3) is 0 Å². The number of carbonyl (C=O) groups excluding carboxylic acids is 1.